The zero-order valence-electron chi connectivity index (χ0n) is 24.0. The third-order valence-electron chi connectivity index (χ3n) is 6.96. The van der Waals surface area contributed by atoms with Crippen LogP contribution in [-0.2, 0) is 22.6 Å². The summed E-state index contributed by atoms with van der Waals surface area (Å²) in [7, 11) is -1.21. The molecule has 4 aromatic rings. The van der Waals surface area contributed by atoms with Gasteiger partial charge in [0.05, 0.1) is 42.3 Å². The lowest BCUT2D eigenvalue weighted by atomic mass is 10.1. The van der Waals surface area contributed by atoms with Crippen LogP contribution in [0.3, 0.4) is 0 Å². The van der Waals surface area contributed by atoms with Crippen molar-refractivity contribution in [1.29, 1.82) is 0 Å². The molecule has 1 fully saturated rings. The van der Waals surface area contributed by atoms with Crippen molar-refractivity contribution in [2.24, 2.45) is 0 Å². The lowest BCUT2D eigenvalue weighted by Crippen LogP contribution is -2.39. The van der Waals surface area contributed by atoms with Crippen molar-refractivity contribution in [3.8, 4) is 11.4 Å². The van der Waals surface area contributed by atoms with Crippen molar-refractivity contribution in [3.05, 3.63) is 58.7 Å². The Labute approximate surface area is 247 Å². The molecule has 1 saturated heterocycles. The van der Waals surface area contributed by atoms with E-state index < -0.39 is 8.07 Å². The molecule has 0 radical (unpaired) electrons. The Hall–Kier alpha value is -3.09. The molecule has 4 heterocycles. The minimum Gasteiger partial charge on any atom is -0.379 e. The van der Waals surface area contributed by atoms with Crippen molar-refractivity contribution < 1.29 is 9.47 Å². The van der Waals surface area contributed by atoms with E-state index in [1.807, 2.05) is 42.5 Å². The molecule has 0 aliphatic carbocycles. The van der Waals surface area contributed by atoms with Gasteiger partial charge in [0.15, 0.2) is 5.65 Å². The Morgan fingerprint density at radius 1 is 1.02 bits per heavy atom. The van der Waals surface area contributed by atoms with Crippen LogP contribution in [-0.4, -0.2) is 84.1 Å². The zero-order valence-corrected chi connectivity index (χ0v) is 25.8. The van der Waals surface area contributed by atoms with Gasteiger partial charge in [0, 0.05) is 52.4 Å². The van der Waals surface area contributed by atoms with Crippen molar-refractivity contribution in [2.75, 3.05) is 56.6 Å². The second kappa shape index (κ2) is 13.7. The molecule has 12 heteroatoms. The summed E-state index contributed by atoms with van der Waals surface area (Å²) in [6.45, 7) is 13.8. The van der Waals surface area contributed by atoms with Gasteiger partial charge >= 0.3 is 0 Å². The highest BCUT2D eigenvalue weighted by Gasteiger charge is 2.19. The van der Waals surface area contributed by atoms with E-state index in [2.05, 4.69) is 45.4 Å². The molecule has 5 rings (SSSR count). The van der Waals surface area contributed by atoms with Crippen molar-refractivity contribution >= 4 is 42.5 Å². The number of halogens is 1. The summed E-state index contributed by atoms with van der Waals surface area (Å²) in [5.41, 5.74) is 3.90. The van der Waals surface area contributed by atoms with Gasteiger partial charge in [0.1, 0.15) is 5.82 Å². The van der Waals surface area contributed by atoms with E-state index in [4.69, 9.17) is 36.0 Å². The number of morpholine rings is 1. The maximum atomic E-state index is 6.34. The summed E-state index contributed by atoms with van der Waals surface area (Å²) < 4.78 is 11.6. The van der Waals surface area contributed by atoms with Crippen LogP contribution in [0.4, 0.5) is 11.8 Å². The van der Waals surface area contributed by atoms with Gasteiger partial charge in [0.2, 0.25) is 5.95 Å². The van der Waals surface area contributed by atoms with Crippen LogP contribution >= 0.6 is 11.6 Å². The molecule has 1 aliphatic heterocycles. The molecule has 41 heavy (non-hydrogen) atoms. The number of rotatable bonds is 13. The molecule has 0 amide bonds. The number of H-pyrrole nitrogens is 1. The van der Waals surface area contributed by atoms with Gasteiger partial charge in [-0.2, -0.15) is 10.1 Å². The summed E-state index contributed by atoms with van der Waals surface area (Å²) in [5, 5.41) is 16.0. The van der Waals surface area contributed by atoms with E-state index in [1.54, 1.807) is 0 Å². The van der Waals surface area contributed by atoms with Gasteiger partial charge in [-0.25, -0.2) is 9.97 Å². The van der Waals surface area contributed by atoms with E-state index in [1.165, 1.54) is 0 Å². The summed E-state index contributed by atoms with van der Waals surface area (Å²) in [6.07, 6.45) is 0. The number of pyridine rings is 1. The minimum atomic E-state index is -1.21. The third kappa shape index (κ3) is 8.23. The van der Waals surface area contributed by atoms with E-state index >= 15 is 0 Å². The number of ether oxygens (including phenoxy) is 2. The average Bonchev–Trinajstić information content (AvgIpc) is 3.39. The van der Waals surface area contributed by atoms with E-state index in [0.717, 1.165) is 84.3 Å². The number of nitrogens with one attached hydrogen (secondary N) is 3. The van der Waals surface area contributed by atoms with Crippen molar-refractivity contribution in [1.82, 2.24) is 30.0 Å². The monoisotopic (exact) mass is 594 g/mol. The molecule has 0 bridgehead atoms. The highest BCUT2D eigenvalue weighted by molar-refractivity contribution is 6.76. The first-order valence-corrected chi connectivity index (χ1v) is 18.3. The first kappa shape index (κ1) is 29.4. The Kier molecular flexibility index (Phi) is 9.83. The molecule has 0 atom stereocenters. The van der Waals surface area contributed by atoms with E-state index in [-0.39, 0.29) is 0 Å². The number of nitrogens with zero attached hydrogens (tertiary/aromatic N) is 5. The maximum Gasteiger partial charge on any atom is 0.225 e. The van der Waals surface area contributed by atoms with Gasteiger partial charge in [-0.05, 0) is 29.8 Å². The molecule has 0 saturated carbocycles. The first-order valence-electron chi connectivity index (χ1n) is 14.2. The second-order valence-electron chi connectivity index (χ2n) is 11.4. The van der Waals surface area contributed by atoms with Crippen LogP contribution in [0.5, 0.6) is 0 Å². The molecule has 3 aromatic heterocycles. The maximum absolute atomic E-state index is 6.34. The third-order valence-corrected chi connectivity index (χ3v) is 9.03. The number of anilines is 2. The summed E-state index contributed by atoms with van der Waals surface area (Å²) in [4.78, 5) is 16.8. The van der Waals surface area contributed by atoms with Crippen molar-refractivity contribution in [2.45, 2.75) is 38.8 Å². The molecule has 1 aromatic carbocycles. The molecular formula is C29H39ClN8O2Si. The summed E-state index contributed by atoms with van der Waals surface area (Å²) >= 11 is 6.34. The quantitative estimate of drug-likeness (QED) is 0.140. The van der Waals surface area contributed by atoms with E-state index in [9.17, 15) is 0 Å². The van der Waals surface area contributed by atoms with Gasteiger partial charge in [-0.15, -0.1) is 0 Å². The Morgan fingerprint density at radius 2 is 1.85 bits per heavy atom. The lowest BCUT2D eigenvalue weighted by molar-refractivity contribution is 0.0398. The van der Waals surface area contributed by atoms with Crippen LogP contribution in [0.15, 0.2) is 42.5 Å². The Bertz CT molecular complexity index is 1440. The zero-order chi connectivity index (χ0) is 28.7. The number of benzene rings is 1. The molecule has 10 nitrogen and oxygen atoms in total. The number of hydrogen-bond donors (Lipinski definition) is 3. The van der Waals surface area contributed by atoms with E-state index in [0.29, 0.717) is 31.4 Å². The smallest absolute Gasteiger partial charge is 0.225 e. The highest BCUT2D eigenvalue weighted by atomic mass is 35.5. The molecular weight excluding hydrogens is 556 g/mol. The normalized spacial score (nSPS) is 14.4. The summed E-state index contributed by atoms with van der Waals surface area (Å²) in [5.74, 6) is 1.29. The highest BCUT2D eigenvalue weighted by Crippen LogP contribution is 2.29. The topological polar surface area (TPSA) is 113 Å². The van der Waals surface area contributed by atoms with Crippen LogP contribution < -0.4 is 10.6 Å². The Morgan fingerprint density at radius 3 is 2.66 bits per heavy atom. The van der Waals surface area contributed by atoms with Gasteiger partial charge in [0.25, 0.3) is 0 Å². The van der Waals surface area contributed by atoms with Crippen LogP contribution in [0, 0.1) is 0 Å². The van der Waals surface area contributed by atoms with Crippen LogP contribution in [0.2, 0.25) is 30.7 Å². The molecule has 218 valence electrons. The predicted octanol–water partition coefficient (Wildman–Crippen LogP) is 5.28. The average molecular weight is 595 g/mol. The fraction of sp³-hybridized carbons (Fsp3) is 0.448. The minimum absolute atomic E-state index is 0.374. The van der Waals surface area contributed by atoms with Crippen LogP contribution in [0.1, 0.15) is 11.3 Å². The fourth-order valence-corrected chi connectivity index (χ4v) is 5.52. The lowest BCUT2D eigenvalue weighted by Gasteiger charge is -2.26. The first-order chi connectivity index (χ1) is 19.9. The standard InChI is InChI=1S/C29H39ClN8O2Si/c1-41(2,3)18-17-40-20-24-26-27(23-9-6-10-25(33-23)32-19-21-7-4-5-8-22(21)30)36-37-28(26)35-29(34-24)31-11-12-38-13-15-39-16-14-38/h4-10H,11-20H2,1-3H3,(H,32,33)(H2,31,34,35,36,37). The Balaban J connectivity index is 1.36. The fourth-order valence-electron chi connectivity index (χ4n) is 4.56. The van der Waals surface area contributed by atoms with Crippen molar-refractivity contribution in [3.63, 3.8) is 0 Å². The second-order valence-corrected chi connectivity index (χ2v) is 17.4. The number of fused-ring (bicyclic) bond motifs is 1. The SMILES string of the molecule is C[Si](C)(C)CCOCc1nc(NCCN2CCOCC2)nc2n[nH]c(-c3cccc(NCc4ccccc4Cl)n3)c12. The number of aromatic nitrogens is 5. The van der Waals surface area contributed by atoms with Gasteiger partial charge in [-0.1, -0.05) is 55.5 Å². The predicted molar refractivity (Wildman–Crippen MR) is 167 cm³/mol. The molecule has 1 aliphatic rings. The number of hydrogen-bond acceptors (Lipinski definition) is 9. The summed E-state index contributed by atoms with van der Waals surface area (Å²) in [6, 6.07) is 14.7. The molecule has 3 N–H and O–H groups in total. The number of aromatic amines is 1. The molecule has 0 unspecified atom stereocenters. The van der Waals surface area contributed by atoms with Gasteiger partial charge in [-0.3, -0.25) is 10.00 Å². The largest absolute Gasteiger partial charge is 0.379 e. The van der Waals surface area contributed by atoms with Gasteiger partial charge < -0.3 is 20.1 Å². The van der Waals surface area contributed by atoms with Crippen LogP contribution in [0.25, 0.3) is 22.4 Å². The molecule has 0 spiro atoms.